The lowest BCUT2D eigenvalue weighted by Gasteiger charge is -2.36. The van der Waals surface area contributed by atoms with E-state index in [0.717, 1.165) is 96.8 Å². The molecule has 0 saturated carbocycles. The van der Waals surface area contributed by atoms with E-state index >= 15 is 0 Å². The first kappa shape index (κ1) is 35.3. The van der Waals surface area contributed by atoms with Crippen molar-refractivity contribution in [3.63, 3.8) is 0 Å². The number of ether oxygens (including phenoxy) is 2. The summed E-state index contributed by atoms with van der Waals surface area (Å²) >= 11 is 2.35. The van der Waals surface area contributed by atoms with Crippen molar-refractivity contribution in [2.75, 3.05) is 70.3 Å². The zero-order chi connectivity index (χ0) is 34.9. The molecular formula is C39H48IN4O5+. The average Bonchev–Trinajstić information content (AvgIpc) is 3.02. The highest BCUT2D eigenvalue weighted by Gasteiger charge is 2.26. The number of halogens is 1. The number of esters is 2. The third-order valence-corrected chi connectivity index (χ3v) is 9.56. The van der Waals surface area contributed by atoms with Crippen LogP contribution in [0.5, 0.6) is 0 Å². The molecule has 0 bridgehead atoms. The Morgan fingerprint density at radius 3 is 1.94 bits per heavy atom. The van der Waals surface area contributed by atoms with Crippen LogP contribution in [0.15, 0.2) is 65.1 Å². The molecule has 6 rings (SSSR count). The van der Waals surface area contributed by atoms with Gasteiger partial charge < -0.3 is 18.8 Å². The molecule has 49 heavy (non-hydrogen) atoms. The van der Waals surface area contributed by atoms with Crippen LogP contribution in [-0.2, 0) is 19.1 Å². The highest BCUT2D eigenvalue weighted by Crippen LogP contribution is 2.41. The van der Waals surface area contributed by atoms with Gasteiger partial charge in [0.2, 0.25) is 5.36 Å². The fraction of sp³-hybridized carbons (Fsp3) is 0.462. The lowest BCUT2D eigenvalue weighted by atomic mass is 9.93. The van der Waals surface area contributed by atoms with Crippen molar-refractivity contribution in [3.8, 4) is 22.5 Å². The third kappa shape index (κ3) is 9.01. The molecule has 0 radical (unpaired) electrons. The minimum atomic E-state index is -0.478. The van der Waals surface area contributed by atoms with Crippen LogP contribution in [0.25, 0.3) is 33.4 Å². The molecule has 0 aromatic heterocycles. The highest BCUT2D eigenvalue weighted by molar-refractivity contribution is 14.1. The van der Waals surface area contributed by atoms with E-state index in [1.54, 1.807) is 0 Å². The Balaban J connectivity index is 1.27. The van der Waals surface area contributed by atoms with Crippen molar-refractivity contribution >= 4 is 51.2 Å². The number of anilines is 1. The van der Waals surface area contributed by atoms with Crippen molar-refractivity contribution < 1.29 is 23.5 Å². The summed E-state index contributed by atoms with van der Waals surface area (Å²) in [5, 5.41) is 2.18. The molecule has 9 nitrogen and oxygen atoms in total. The lowest BCUT2D eigenvalue weighted by molar-refractivity contribution is -0.157. The maximum absolute atomic E-state index is 12.4. The zero-order valence-corrected chi connectivity index (χ0v) is 31.7. The molecule has 0 spiro atoms. The smallest absolute Gasteiger partial charge is 0.320 e. The molecular weight excluding hydrogens is 731 g/mol. The van der Waals surface area contributed by atoms with Crippen LogP contribution >= 0.6 is 22.6 Å². The highest BCUT2D eigenvalue weighted by atomic mass is 127. The summed E-state index contributed by atoms with van der Waals surface area (Å²) < 4.78 is 21.4. The number of nitrogens with zero attached hydrogens (tertiary/aromatic N) is 4. The first-order valence-electron chi connectivity index (χ1n) is 17.2. The number of hydrogen-bond donors (Lipinski definition) is 0. The molecule has 2 fully saturated rings. The van der Waals surface area contributed by atoms with Crippen LogP contribution in [-0.4, -0.2) is 98.4 Å². The van der Waals surface area contributed by atoms with E-state index in [0.29, 0.717) is 13.1 Å². The summed E-state index contributed by atoms with van der Waals surface area (Å²) in [4.78, 5) is 31.5. The topological polar surface area (TPSA) is 78.5 Å². The summed E-state index contributed by atoms with van der Waals surface area (Å²) in [6, 6.07) is 21.7. The number of rotatable bonds is 6. The molecule has 0 amide bonds. The molecule has 260 valence electrons. The van der Waals surface area contributed by atoms with Crippen LogP contribution in [0.2, 0.25) is 0 Å². The number of carbonyl (C=O) groups excluding carboxylic acids is 2. The van der Waals surface area contributed by atoms with E-state index in [-0.39, 0.29) is 11.9 Å². The summed E-state index contributed by atoms with van der Waals surface area (Å²) in [5.74, 6) is 0.485. The Morgan fingerprint density at radius 2 is 1.35 bits per heavy atom. The van der Waals surface area contributed by atoms with Gasteiger partial charge in [0, 0.05) is 64.1 Å². The molecule has 3 heterocycles. The van der Waals surface area contributed by atoms with Gasteiger partial charge in [-0.15, -0.1) is 0 Å². The van der Waals surface area contributed by atoms with Crippen molar-refractivity contribution in [3.05, 3.63) is 69.6 Å². The Hall–Kier alpha value is -3.48. The standard InChI is InChI=1S/C39H48IN4O5/c1-38(2,3)48-35(45)25-41-15-19-43(20-16-41)29-11-13-31-33(23-29)47-34-24-30(12-14-32(34)37(31)27-7-9-28(40)10-8-27)44-21-17-42(18-22-44)26-36(46)49-39(4,5)6/h7-14,23-24H,15-22,25-26H2,1-6H3/q+1. The maximum atomic E-state index is 12.4. The molecule has 0 N–H and O–H groups in total. The van der Waals surface area contributed by atoms with Crippen molar-refractivity contribution in [2.45, 2.75) is 52.7 Å². The van der Waals surface area contributed by atoms with Crippen LogP contribution in [0.4, 0.5) is 5.69 Å². The van der Waals surface area contributed by atoms with Gasteiger partial charge in [-0.25, -0.2) is 4.58 Å². The van der Waals surface area contributed by atoms with E-state index < -0.39 is 11.2 Å². The average molecular weight is 780 g/mol. The van der Waals surface area contributed by atoms with Gasteiger partial charge in [0.25, 0.3) is 0 Å². The Bertz CT molecular complexity index is 1850. The molecule has 10 heteroatoms. The van der Waals surface area contributed by atoms with Crippen LogP contribution in [0, 0.1) is 3.57 Å². The van der Waals surface area contributed by atoms with E-state index in [1.807, 2.05) is 41.5 Å². The maximum Gasteiger partial charge on any atom is 0.320 e. The quantitative estimate of drug-likeness (QED) is 0.107. The van der Waals surface area contributed by atoms with Crippen molar-refractivity contribution in [1.29, 1.82) is 0 Å². The predicted molar refractivity (Wildman–Crippen MR) is 203 cm³/mol. The minimum absolute atomic E-state index is 0.178. The van der Waals surface area contributed by atoms with E-state index in [1.165, 1.54) is 3.57 Å². The van der Waals surface area contributed by atoms with E-state index in [2.05, 4.69) is 103 Å². The Labute approximate surface area is 302 Å². The summed E-state index contributed by atoms with van der Waals surface area (Å²) in [7, 11) is 0. The second-order valence-corrected chi connectivity index (χ2v) is 16.3. The SMILES string of the molecule is CC(C)(C)OC(=O)CN1CCN(c2ccc3c(-c4ccc(I)cc4)c4ccc(=[N+]5CCN(CC(=O)OC(C)(C)C)CC5)cc-4oc3c2)CC1. The molecule has 3 aliphatic heterocycles. The van der Waals surface area contributed by atoms with Gasteiger partial charge in [-0.2, -0.15) is 0 Å². The zero-order valence-electron chi connectivity index (χ0n) is 29.6. The Kier molecular flexibility index (Phi) is 10.4. The van der Waals surface area contributed by atoms with Gasteiger partial charge >= 0.3 is 11.9 Å². The fourth-order valence-corrected chi connectivity index (χ4v) is 6.99. The number of carbonyl (C=O) groups is 2. The number of fused-ring (bicyclic) bond motifs is 2. The van der Waals surface area contributed by atoms with Gasteiger partial charge in [-0.1, -0.05) is 12.1 Å². The van der Waals surface area contributed by atoms with Gasteiger partial charge in [0.1, 0.15) is 22.5 Å². The van der Waals surface area contributed by atoms with Crippen molar-refractivity contribution in [1.82, 2.24) is 14.4 Å². The molecule has 2 saturated heterocycles. The first-order valence-corrected chi connectivity index (χ1v) is 18.3. The molecule has 0 atom stereocenters. The van der Waals surface area contributed by atoms with Crippen LogP contribution in [0.3, 0.4) is 0 Å². The Morgan fingerprint density at radius 1 is 0.755 bits per heavy atom. The monoisotopic (exact) mass is 779 g/mol. The molecule has 2 aromatic carbocycles. The van der Waals surface area contributed by atoms with Crippen LogP contribution < -0.4 is 14.8 Å². The second-order valence-electron chi connectivity index (χ2n) is 15.0. The number of hydrogen-bond acceptors (Lipinski definition) is 8. The molecule has 0 unspecified atom stereocenters. The number of benzene rings is 3. The largest absolute Gasteiger partial charge is 0.459 e. The predicted octanol–water partition coefficient (Wildman–Crippen LogP) is 5.70. The summed E-state index contributed by atoms with van der Waals surface area (Å²) in [5.41, 5.74) is 4.38. The number of piperazine rings is 2. The van der Waals surface area contributed by atoms with Gasteiger partial charge in [-0.05, 0) is 100 Å². The second kappa shape index (κ2) is 14.4. The molecule has 4 aliphatic rings. The first-order chi connectivity index (χ1) is 23.2. The minimum Gasteiger partial charge on any atom is -0.459 e. The van der Waals surface area contributed by atoms with Crippen LogP contribution in [0.1, 0.15) is 41.5 Å². The lowest BCUT2D eigenvalue weighted by Crippen LogP contribution is -2.49. The van der Waals surface area contributed by atoms with Gasteiger partial charge in [0.15, 0.2) is 13.1 Å². The van der Waals surface area contributed by atoms with E-state index in [9.17, 15) is 9.59 Å². The fourth-order valence-electron chi connectivity index (χ4n) is 6.63. The third-order valence-electron chi connectivity index (χ3n) is 8.84. The van der Waals surface area contributed by atoms with Crippen molar-refractivity contribution in [2.24, 2.45) is 0 Å². The van der Waals surface area contributed by atoms with Gasteiger partial charge in [-0.3, -0.25) is 19.4 Å². The van der Waals surface area contributed by atoms with E-state index in [4.69, 9.17) is 13.9 Å². The van der Waals surface area contributed by atoms with Gasteiger partial charge in [0.05, 0.1) is 32.2 Å². The summed E-state index contributed by atoms with van der Waals surface area (Å²) in [6.45, 7) is 18.4. The molecule has 1 aliphatic carbocycles. The molecule has 2 aromatic rings. The summed E-state index contributed by atoms with van der Waals surface area (Å²) in [6.07, 6.45) is 0. The normalized spacial score (nSPS) is 16.7.